The van der Waals surface area contributed by atoms with Gasteiger partial charge in [-0.15, -0.1) is 0 Å². The molecule has 226 valence electrons. The molecule has 0 aliphatic rings. The zero-order chi connectivity index (χ0) is 31.6. The van der Waals surface area contributed by atoms with Gasteiger partial charge in [-0.2, -0.15) is 0 Å². The predicted molar refractivity (Wildman–Crippen MR) is 175 cm³/mol. The first kappa shape index (κ1) is 31.7. The Hall–Kier alpha value is -5.24. The van der Waals surface area contributed by atoms with Gasteiger partial charge in [0.1, 0.15) is 0 Å². The largest absolute Gasteiger partial charge is 0.326 e. The lowest BCUT2D eigenvalue weighted by molar-refractivity contribution is -0.134. The highest BCUT2D eigenvalue weighted by atomic mass is 16.2. The van der Waals surface area contributed by atoms with E-state index in [0.717, 1.165) is 22.3 Å². The van der Waals surface area contributed by atoms with E-state index in [4.69, 9.17) is 0 Å². The van der Waals surface area contributed by atoms with Crippen LogP contribution in [0.4, 0.5) is 22.7 Å². The summed E-state index contributed by atoms with van der Waals surface area (Å²) in [6.07, 6.45) is -0.648. The number of hydrogen-bond donors (Lipinski definition) is 4. The van der Waals surface area contributed by atoms with Crippen LogP contribution in [0, 0.1) is 39.5 Å². The maximum absolute atomic E-state index is 13.9. The summed E-state index contributed by atoms with van der Waals surface area (Å²) >= 11 is 0. The summed E-state index contributed by atoms with van der Waals surface area (Å²) in [4.78, 5) is 54.5. The predicted octanol–water partition coefficient (Wildman–Crippen LogP) is 6.79. The molecule has 4 aromatic carbocycles. The van der Waals surface area contributed by atoms with Crippen molar-refractivity contribution in [1.29, 1.82) is 0 Å². The number of anilines is 4. The molecule has 0 aliphatic heterocycles. The quantitative estimate of drug-likeness (QED) is 0.154. The zero-order valence-electron chi connectivity index (χ0n) is 25.4. The van der Waals surface area contributed by atoms with Crippen molar-refractivity contribution in [2.24, 2.45) is 11.8 Å². The second-order valence-corrected chi connectivity index (χ2v) is 11.2. The molecule has 4 amide bonds. The molecule has 0 radical (unpaired) electrons. The number of aryl methyl sites for hydroxylation is 4. The highest BCUT2D eigenvalue weighted by Crippen LogP contribution is 2.27. The van der Waals surface area contributed by atoms with E-state index in [1.54, 1.807) is 36.4 Å². The second kappa shape index (κ2) is 14.8. The third kappa shape index (κ3) is 9.39. The van der Waals surface area contributed by atoms with E-state index in [1.807, 2.05) is 88.4 Å². The van der Waals surface area contributed by atoms with Gasteiger partial charge in [0.2, 0.25) is 23.6 Å². The summed E-state index contributed by atoms with van der Waals surface area (Å²) in [7, 11) is 0. The fourth-order valence-corrected chi connectivity index (χ4v) is 5.02. The molecule has 0 bridgehead atoms. The molecule has 0 saturated carbocycles. The SMILES string of the molecule is Cc1cccc(NC(=O)CC(C(=O)Nc2cccc(C)c2)C(CC(=O)Nc2cccc(C)c2)C(=O)Nc2cccc(C)c2)c1. The van der Waals surface area contributed by atoms with Crippen molar-refractivity contribution in [2.75, 3.05) is 21.3 Å². The topological polar surface area (TPSA) is 116 Å². The van der Waals surface area contributed by atoms with E-state index in [-0.39, 0.29) is 12.8 Å². The smallest absolute Gasteiger partial charge is 0.228 e. The zero-order valence-corrected chi connectivity index (χ0v) is 25.4. The fraction of sp³-hybridized carbons (Fsp3) is 0.222. The minimum absolute atomic E-state index is 0.324. The molecule has 8 heteroatoms. The van der Waals surface area contributed by atoms with E-state index >= 15 is 0 Å². The summed E-state index contributed by atoms with van der Waals surface area (Å²) < 4.78 is 0. The number of nitrogens with one attached hydrogen (secondary N) is 4. The Morgan fingerprint density at radius 2 is 0.727 bits per heavy atom. The van der Waals surface area contributed by atoms with Gasteiger partial charge >= 0.3 is 0 Å². The Morgan fingerprint density at radius 1 is 0.455 bits per heavy atom. The summed E-state index contributed by atoms with van der Waals surface area (Å²) in [5, 5.41) is 11.4. The van der Waals surface area contributed by atoms with Crippen molar-refractivity contribution in [1.82, 2.24) is 0 Å². The van der Waals surface area contributed by atoms with E-state index in [0.29, 0.717) is 22.7 Å². The molecule has 4 rings (SSSR count). The van der Waals surface area contributed by atoms with Gasteiger partial charge in [0.15, 0.2) is 0 Å². The molecule has 2 unspecified atom stereocenters. The number of carbonyl (C=O) groups is 4. The molecular formula is C36H38N4O4. The molecule has 0 aliphatic carbocycles. The van der Waals surface area contributed by atoms with Crippen LogP contribution < -0.4 is 21.3 Å². The molecule has 4 N–H and O–H groups in total. The van der Waals surface area contributed by atoms with Crippen molar-refractivity contribution in [3.8, 4) is 0 Å². The number of benzene rings is 4. The van der Waals surface area contributed by atoms with Crippen LogP contribution in [0.3, 0.4) is 0 Å². The van der Waals surface area contributed by atoms with Crippen LogP contribution in [0.2, 0.25) is 0 Å². The number of hydrogen-bond acceptors (Lipinski definition) is 4. The number of rotatable bonds is 11. The summed E-state index contributed by atoms with van der Waals surface area (Å²) in [5.41, 5.74) is 5.99. The van der Waals surface area contributed by atoms with E-state index in [2.05, 4.69) is 21.3 Å². The molecule has 44 heavy (non-hydrogen) atoms. The Morgan fingerprint density at radius 3 is 1.00 bits per heavy atom. The Kier molecular flexibility index (Phi) is 10.6. The van der Waals surface area contributed by atoms with Gasteiger partial charge in [-0.3, -0.25) is 19.2 Å². The Labute approximate surface area is 258 Å². The molecule has 2 atom stereocenters. The molecule has 0 aromatic heterocycles. The van der Waals surface area contributed by atoms with Crippen LogP contribution in [-0.4, -0.2) is 23.6 Å². The van der Waals surface area contributed by atoms with Crippen LogP contribution >= 0.6 is 0 Å². The normalized spacial score (nSPS) is 12.0. The van der Waals surface area contributed by atoms with Crippen molar-refractivity contribution >= 4 is 46.4 Å². The van der Waals surface area contributed by atoms with Gasteiger partial charge in [0, 0.05) is 35.6 Å². The Bertz CT molecular complexity index is 1540. The van der Waals surface area contributed by atoms with Crippen LogP contribution in [0.15, 0.2) is 97.1 Å². The summed E-state index contributed by atoms with van der Waals surface area (Å²) in [6, 6.07) is 29.1. The van der Waals surface area contributed by atoms with E-state index in [1.165, 1.54) is 0 Å². The minimum atomic E-state index is -1.17. The molecule has 4 aromatic rings. The maximum atomic E-state index is 13.9. The average molecular weight is 591 g/mol. The molecule has 0 spiro atoms. The lowest BCUT2D eigenvalue weighted by atomic mass is 9.84. The summed E-state index contributed by atoms with van der Waals surface area (Å²) in [6.45, 7) is 7.62. The first-order chi connectivity index (χ1) is 21.0. The third-order valence-corrected chi connectivity index (χ3v) is 7.14. The van der Waals surface area contributed by atoms with Crippen molar-refractivity contribution in [2.45, 2.75) is 40.5 Å². The van der Waals surface area contributed by atoms with Crippen molar-refractivity contribution < 1.29 is 19.2 Å². The van der Waals surface area contributed by atoms with Crippen LogP contribution in [0.1, 0.15) is 35.1 Å². The summed E-state index contributed by atoms with van der Waals surface area (Å²) in [5.74, 6) is -4.33. The molecule has 0 fully saturated rings. The standard InChI is InChI=1S/C36H38N4O4/c1-23-9-5-13-27(17-23)37-33(41)21-31(35(43)39-29-15-7-11-25(3)19-29)32(36(44)40-30-16-8-12-26(4)20-30)22-34(42)38-28-14-6-10-24(2)18-28/h5-20,31-32H,21-22H2,1-4H3,(H,37,41)(H,38,42)(H,39,43)(H,40,44). The number of amides is 4. The van der Waals surface area contributed by atoms with Gasteiger partial charge in [-0.05, 0) is 98.5 Å². The fourth-order valence-electron chi connectivity index (χ4n) is 5.02. The van der Waals surface area contributed by atoms with Gasteiger partial charge < -0.3 is 21.3 Å². The van der Waals surface area contributed by atoms with E-state index in [9.17, 15) is 19.2 Å². The molecule has 8 nitrogen and oxygen atoms in total. The number of carbonyl (C=O) groups excluding carboxylic acids is 4. The lowest BCUT2D eigenvalue weighted by Crippen LogP contribution is -2.40. The van der Waals surface area contributed by atoms with Crippen molar-refractivity contribution in [3.05, 3.63) is 119 Å². The van der Waals surface area contributed by atoms with Crippen LogP contribution in [0.25, 0.3) is 0 Å². The van der Waals surface area contributed by atoms with Gasteiger partial charge in [-0.25, -0.2) is 0 Å². The molecular weight excluding hydrogens is 552 g/mol. The lowest BCUT2D eigenvalue weighted by Gasteiger charge is -2.25. The Balaban J connectivity index is 1.66. The highest BCUT2D eigenvalue weighted by Gasteiger charge is 2.37. The molecule has 0 saturated heterocycles. The average Bonchev–Trinajstić information content (AvgIpc) is 2.95. The van der Waals surface area contributed by atoms with Gasteiger partial charge in [-0.1, -0.05) is 48.5 Å². The van der Waals surface area contributed by atoms with Gasteiger partial charge in [0.05, 0.1) is 11.8 Å². The first-order valence-electron chi connectivity index (χ1n) is 14.5. The first-order valence-corrected chi connectivity index (χ1v) is 14.5. The van der Waals surface area contributed by atoms with Gasteiger partial charge in [0.25, 0.3) is 0 Å². The maximum Gasteiger partial charge on any atom is 0.228 e. The van der Waals surface area contributed by atoms with E-state index < -0.39 is 35.5 Å². The van der Waals surface area contributed by atoms with Crippen LogP contribution in [0.5, 0.6) is 0 Å². The highest BCUT2D eigenvalue weighted by molar-refractivity contribution is 6.05. The van der Waals surface area contributed by atoms with Crippen LogP contribution in [-0.2, 0) is 19.2 Å². The monoisotopic (exact) mass is 590 g/mol. The third-order valence-electron chi connectivity index (χ3n) is 7.14. The van der Waals surface area contributed by atoms with Crippen molar-refractivity contribution in [3.63, 3.8) is 0 Å². The molecule has 0 heterocycles. The second-order valence-electron chi connectivity index (χ2n) is 11.2. The minimum Gasteiger partial charge on any atom is -0.326 e.